The molecule has 1 amide bonds. The van der Waals surface area contributed by atoms with Crippen molar-refractivity contribution in [3.05, 3.63) is 33.8 Å². The van der Waals surface area contributed by atoms with Gasteiger partial charge in [0, 0.05) is 6.42 Å². The van der Waals surface area contributed by atoms with Gasteiger partial charge in [-0.2, -0.15) is 0 Å². The predicted octanol–water partition coefficient (Wildman–Crippen LogP) is 3.79. The standard InChI is InChI=1S/C11H11Cl2IN2O/c12-8-5-4-7(6-9(8)13)10(16-14)2-1-3-11(15)17/h4-6H,1-3H2,(H2,15,17)/b16-10+. The Morgan fingerprint density at radius 2 is 2.00 bits per heavy atom. The summed E-state index contributed by atoms with van der Waals surface area (Å²) >= 11 is 13.7. The topological polar surface area (TPSA) is 55.5 Å². The highest BCUT2D eigenvalue weighted by atomic mass is 127. The first-order chi connectivity index (χ1) is 8.04. The molecule has 92 valence electrons. The van der Waals surface area contributed by atoms with Gasteiger partial charge in [-0.3, -0.25) is 4.79 Å². The van der Waals surface area contributed by atoms with Crippen molar-refractivity contribution in [3.63, 3.8) is 0 Å². The summed E-state index contributed by atoms with van der Waals surface area (Å²) in [5, 5.41) is 1.01. The fourth-order valence-electron chi connectivity index (χ4n) is 1.34. The van der Waals surface area contributed by atoms with E-state index in [4.69, 9.17) is 28.9 Å². The Kier molecular flexibility index (Phi) is 6.22. The zero-order valence-corrected chi connectivity index (χ0v) is 12.6. The number of nitrogens with zero attached hydrogens (tertiary/aromatic N) is 1. The number of carbonyl (C=O) groups is 1. The molecule has 0 aliphatic rings. The first-order valence-electron chi connectivity index (χ1n) is 4.96. The van der Waals surface area contributed by atoms with E-state index in [1.165, 1.54) is 0 Å². The van der Waals surface area contributed by atoms with Gasteiger partial charge in [0.15, 0.2) is 0 Å². The van der Waals surface area contributed by atoms with Gasteiger partial charge in [-0.25, -0.2) is 3.21 Å². The largest absolute Gasteiger partial charge is 0.370 e. The van der Waals surface area contributed by atoms with Crippen LogP contribution >= 0.6 is 46.1 Å². The molecule has 0 unspecified atom stereocenters. The molecule has 0 heterocycles. The second-order valence-electron chi connectivity index (χ2n) is 3.48. The molecule has 0 saturated carbocycles. The number of rotatable bonds is 5. The summed E-state index contributed by atoms with van der Waals surface area (Å²) in [6.07, 6.45) is 1.72. The molecule has 1 aromatic rings. The van der Waals surface area contributed by atoms with Gasteiger partial charge in [0.2, 0.25) is 5.91 Å². The molecule has 0 bridgehead atoms. The van der Waals surface area contributed by atoms with Crippen LogP contribution in [0, 0.1) is 0 Å². The van der Waals surface area contributed by atoms with Gasteiger partial charge in [-0.15, -0.1) is 0 Å². The van der Waals surface area contributed by atoms with E-state index in [2.05, 4.69) is 3.21 Å². The number of amides is 1. The van der Waals surface area contributed by atoms with Crippen molar-refractivity contribution in [2.24, 2.45) is 8.94 Å². The summed E-state index contributed by atoms with van der Waals surface area (Å²) in [6, 6.07) is 5.36. The molecular weight excluding hydrogens is 374 g/mol. The summed E-state index contributed by atoms with van der Waals surface area (Å²) < 4.78 is 4.16. The minimum Gasteiger partial charge on any atom is -0.370 e. The Labute approximate surface area is 124 Å². The lowest BCUT2D eigenvalue weighted by Crippen LogP contribution is -2.11. The first-order valence-corrected chi connectivity index (χ1v) is 6.68. The zero-order chi connectivity index (χ0) is 12.8. The third-order valence-electron chi connectivity index (χ3n) is 2.19. The third-order valence-corrected chi connectivity index (χ3v) is 3.51. The quantitative estimate of drug-likeness (QED) is 0.609. The highest BCUT2D eigenvalue weighted by molar-refractivity contribution is 14.1. The van der Waals surface area contributed by atoms with Gasteiger partial charge >= 0.3 is 0 Å². The maximum atomic E-state index is 10.6. The van der Waals surface area contributed by atoms with E-state index < -0.39 is 0 Å². The fraction of sp³-hybridized carbons (Fsp3) is 0.273. The summed E-state index contributed by atoms with van der Waals surface area (Å²) in [7, 11) is 0. The number of halogens is 3. The Morgan fingerprint density at radius 3 is 2.53 bits per heavy atom. The van der Waals surface area contributed by atoms with Crippen LogP contribution in [0.15, 0.2) is 21.4 Å². The van der Waals surface area contributed by atoms with E-state index in [1.807, 2.05) is 28.9 Å². The third kappa shape index (κ3) is 4.81. The second-order valence-corrected chi connectivity index (χ2v) is 4.78. The molecule has 3 nitrogen and oxygen atoms in total. The van der Waals surface area contributed by atoms with E-state index in [-0.39, 0.29) is 5.91 Å². The summed E-state index contributed by atoms with van der Waals surface area (Å²) in [5.74, 6) is -0.299. The van der Waals surface area contributed by atoms with E-state index in [1.54, 1.807) is 12.1 Å². The minimum atomic E-state index is -0.299. The minimum absolute atomic E-state index is 0.299. The van der Waals surface area contributed by atoms with Gasteiger partial charge < -0.3 is 5.73 Å². The summed E-state index contributed by atoms with van der Waals surface area (Å²) in [6.45, 7) is 0. The van der Waals surface area contributed by atoms with Crippen LogP contribution in [0.5, 0.6) is 0 Å². The molecule has 0 saturated heterocycles. The molecule has 0 aliphatic heterocycles. The summed E-state index contributed by atoms with van der Waals surface area (Å²) in [5.41, 5.74) is 6.88. The monoisotopic (exact) mass is 384 g/mol. The van der Waals surface area contributed by atoms with Crippen molar-refractivity contribution >= 4 is 57.7 Å². The van der Waals surface area contributed by atoms with Crippen LogP contribution in [0.4, 0.5) is 0 Å². The van der Waals surface area contributed by atoms with Crippen molar-refractivity contribution in [1.82, 2.24) is 0 Å². The first kappa shape index (κ1) is 14.7. The highest BCUT2D eigenvalue weighted by Gasteiger charge is 2.07. The fourth-order valence-corrected chi connectivity index (χ4v) is 2.16. The van der Waals surface area contributed by atoms with Gasteiger partial charge in [0.25, 0.3) is 0 Å². The lowest BCUT2D eigenvalue weighted by atomic mass is 10.0. The second kappa shape index (κ2) is 7.18. The molecule has 0 radical (unpaired) electrons. The lowest BCUT2D eigenvalue weighted by molar-refractivity contribution is -0.118. The number of carbonyl (C=O) groups excluding carboxylic acids is 1. The van der Waals surface area contributed by atoms with Gasteiger partial charge in [0.05, 0.1) is 38.6 Å². The smallest absolute Gasteiger partial charge is 0.217 e. The predicted molar refractivity (Wildman–Crippen MR) is 80.1 cm³/mol. The Balaban J connectivity index is 2.73. The van der Waals surface area contributed by atoms with Crippen LogP contribution < -0.4 is 5.73 Å². The molecular formula is C11H11Cl2IN2O. The number of hydrogen-bond donors (Lipinski definition) is 1. The van der Waals surface area contributed by atoms with E-state index >= 15 is 0 Å². The van der Waals surface area contributed by atoms with Crippen molar-refractivity contribution in [2.45, 2.75) is 19.3 Å². The van der Waals surface area contributed by atoms with Gasteiger partial charge in [-0.05, 0) is 30.5 Å². The molecule has 0 fully saturated rings. The van der Waals surface area contributed by atoms with Gasteiger partial charge in [0.1, 0.15) is 0 Å². The van der Waals surface area contributed by atoms with E-state index in [0.29, 0.717) is 29.3 Å². The van der Waals surface area contributed by atoms with E-state index in [9.17, 15) is 4.79 Å². The Bertz CT molecular complexity index is 449. The van der Waals surface area contributed by atoms with Crippen LogP contribution in [0.3, 0.4) is 0 Å². The van der Waals surface area contributed by atoms with Crippen molar-refractivity contribution < 1.29 is 4.79 Å². The number of primary amides is 1. The van der Waals surface area contributed by atoms with Crippen LogP contribution in [0.2, 0.25) is 10.0 Å². The molecule has 1 aromatic carbocycles. The Hall–Kier alpha value is -0.330. The highest BCUT2D eigenvalue weighted by Crippen LogP contribution is 2.24. The average molecular weight is 385 g/mol. The van der Waals surface area contributed by atoms with Crippen molar-refractivity contribution in [1.29, 1.82) is 0 Å². The normalized spacial score (nSPS) is 11.6. The molecule has 17 heavy (non-hydrogen) atoms. The van der Waals surface area contributed by atoms with Crippen LogP contribution in [0.25, 0.3) is 0 Å². The van der Waals surface area contributed by atoms with Crippen LogP contribution in [-0.4, -0.2) is 11.6 Å². The van der Waals surface area contributed by atoms with E-state index in [0.717, 1.165) is 11.3 Å². The molecule has 6 heteroatoms. The van der Waals surface area contributed by atoms with Gasteiger partial charge in [-0.1, -0.05) is 29.3 Å². The number of nitrogens with two attached hydrogens (primary N) is 1. The molecule has 1 rings (SSSR count). The molecule has 0 aromatic heterocycles. The average Bonchev–Trinajstić information content (AvgIpc) is 2.28. The zero-order valence-electron chi connectivity index (χ0n) is 8.92. The molecule has 0 spiro atoms. The number of hydrogen-bond acceptors (Lipinski definition) is 2. The SMILES string of the molecule is NC(=O)CCC/C(=N\I)c1ccc(Cl)c(Cl)c1. The lowest BCUT2D eigenvalue weighted by Gasteiger charge is -2.06. The van der Waals surface area contributed by atoms with Crippen molar-refractivity contribution in [2.75, 3.05) is 0 Å². The molecule has 2 N–H and O–H groups in total. The van der Waals surface area contributed by atoms with Crippen LogP contribution in [0.1, 0.15) is 24.8 Å². The molecule has 0 atom stereocenters. The molecule has 0 aliphatic carbocycles. The maximum Gasteiger partial charge on any atom is 0.217 e. The van der Waals surface area contributed by atoms with Crippen molar-refractivity contribution in [3.8, 4) is 0 Å². The number of benzene rings is 1. The summed E-state index contributed by atoms with van der Waals surface area (Å²) in [4.78, 5) is 10.6. The Morgan fingerprint density at radius 1 is 1.29 bits per heavy atom. The maximum absolute atomic E-state index is 10.6. The van der Waals surface area contributed by atoms with Crippen LogP contribution in [-0.2, 0) is 4.79 Å².